The van der Waals surface area contributed by atoms with Crippen LogP contribution in [0.1, 0.15) is 34.3 Å². The maximum atomic E-state index is 13.1. The van der Waals surface area contributed by atoms with Crippen molar-refractivity contribution >= 4 is 16.7 Å². The van der Waals surface area contributed by atoms with Gasteiger partial charge >= 0.3 is 0 Å². The van der Waals surface area contributed by atoms with Crippen molar-refractivity contribution in [3.05, 3.63) is 71.4 Å². The molecule has 1 heterocycles. The zero-order valence-corrected chi connectivity index (χ0v) is 14.6. The molecule has 1 aliphatic rings. The highest BCUT2D eigenvalue weighted by Crippen LogP contribution is 2.35. The van der Waals surface area contributed by atoms with E-state index in [1.807, 2.05) is 30.5 Å². The Kier molecular flexibility index (Phi) is 4.41. The summed E-state index contributed by atoms with van der Waals surface area (Å²) < 4.78 is 0. The number of hydrogen-bond donors (Lipinski definition) is 2. The van der Waals surface area contributed by atoms with Gasteiger partial charge in [0, 0.05) is 22.7 Å². The highest BCUT2D eigenvalue weighted by Gasteiger charge is 2.36. The number of para-hydroxylation sites is 1. The molecule has 0 spiro atoms. The van der Waals surface area contributed by atoms with Crippen LogP contribution in [-0.4, -0.2) is 23.4 Å². The fourth-order valence-corrected chi connectivity index (χ4v) is 3.47. The molecule has 128 valence electrons. The van der Waals surface area contributed by atoms with Crippen LogP contribution in [-0.2, 0) is 6.42 Å². The summed E-state index contributed by atoms with van der Waals surface area (Å²) in [5.74, 6) is 0.711. The summed E-state index contributed by atoms with van der Waals surface area (Å²) in [6, 6.07) is 16.6. The molecule has 3 nitrogen and oxygen atoms in total. The first-order valence-corrected chi connectivity index (χ1v) is 9.11. The van der Waals surface area contributed by atoms with E-state index in [9.17, 15) is 4.79 Å². The molecule has 4 rings (SSSR count). The first-order chi connectivity index (χ1) is 12.2. The average Bonchev–Trinajstić information content (AvgIpc) is 3.38. The lowest BCUT2D eigenvalue weighted by molar-refractivity contribution is 0.0933. The van der Waals surface area contributed by atoms with Gasteiger partial charge in [0.05, 0.1) is 6.04 Å². The van der Waals surface area contributed by atoms with Crippen molar-refractivity contribution in [2.45, 2.75) is 32.2 Å². The van der Waals surface area contributed by atoms with Gasteiger partial charge in [0.15, 0.2) is 5.78 Å². The minimum Gasteiger partial charge on any atom is -0.360 e. The van der Waals surface area contributed by atoms with Gasteiger partial charge < -0.3 is 10.3 Å². The first-order valence-electron chi connectivity index (χ1n) is 9.11. The fourth-order valence-electron chi connectivity index (χ4n) is 3.47. The number of benzene rings is 2. The molecule has 1 saturated carbocycles. The van der Waals surface area contributed by atoms with Crippen molar-refractivity contribution < 1.29 is 4.79 Å². The van der Waals surface area contributed by atoms with Crippen LogP contribution >= 0.6 is 0 Å². The van der Waals surface area contributed by atoms with E-state index < -0.39 is 0 Å². The van der Waals surface area contributed by atoms with Crippen molar-refractivity contribution in [1.29, 1.82) is 0 Å². The molecule has 3 aromatic rings. The van der Waals surface area contributed by atoms with Gasteiger partial charge in [-0.05, 0) is 50.3 Å². The predicted molar refractivity (Wildman–Crippen MR) is 102 cm³/mol. The Balaban J connectivity index is 1.45. The molecule has 1 atom stereocenters. The standard InChI is InChI=1S/C22H24N2O/c1-15-6-8-16(9-7-15)12-13-23-21(17-10-11-17)22(25)19-14-24-20-5-3-2-4-18(19)20/h2-9,14,17,21,23-24H,10-13H2,1H3/t21-/m1/s1. The number of carbonyl (C=O) groups is 1. The Morgan fingerprint density at radius 3 is 2.68 bits per heavy atom. The van der Waals surface area contributed by atoms with Crippen LogP contribution in [0.2, 0.25) is 0 Å². The maximum absolute atomic E-state index is 13.1. The van der Waals surface area contributed by atoms with E-state index in [4.69, 9.17) is 0 Å². The third-order valence-corrected chi connectivity index (χ3v) is 5.13. The molecule has 0 aliphatic heterocycles. The molecule has 2 N–H and O–H groups in total. The zero-order valence-electron chi connectivity index (χ0n) is 14.6. The summed E-state index contributed by atoms with van der Waals surface area (Å²) in [5.41, 5.74) is 4.43. The lowest BCUT2D eigenvalue weighted by atomic mass is 9.99. The van der Waals surface area contributed by atoms with Crippen LogP contribution in [0, 0.1) is 12.8 Å². The Hall–Kier alpha value is -2.39. The molecule has 1 fully saturated rings. The van der Waals surface area contributed by atoms with Gasteiger partial charge in [-0.2, -0.15) is 0 Å². The molecule has 2 aromatic carbocycles. The summed E-state index contributed by atoms with van der Waals surface area (Å²) in [6.45, 7) is 2.93. The van der Waals surface area contributed by atoms with Gasteiger partial charge in [-0.3, -0.25) is 4.79 Å². The summed E-state index contributed by atoms with van der Waals surface area (Å²) in [5, 5.41) is 4.56. The van der Waals surface area contributed by atoms with Crippen molar-refractivity contribution in [2.24, 2.45) is 5.92 Å². The number of hydrogen-bond acceptors (Lipinski definition) is 2. The van der Waals surface area contributed by atoms with Crippen molar-refractivity contribution in [3.8, 4) is 0 Å². The second-order valence-electron chi connectivity index (χ2n) is 7.12. The van der Waals surface area contributed by atoms with E-state index in [-0.39, 0.29) is 11.8 Å². The zero-order chi connectivity index (χ0) is 17.2. The van der Waals surface area contributed by atoms with Crippen LogP contribution < -0.4 is 5.32 Å². The highest BCUT2D eigenvalue weighted by atomic mass is 16.1. The number of ketones is 1. The molecule has 0 saturated heterocycles. The number of rotatable bonds is 7. The van der Waals surface area contributed by atoms with Gasteiger partial charge in [0.1, 0.15) is 0 Å². The largest absolute Gasteiger partial charge is 0.360 e. The quantitative estimate of drug-likeness (QED) is 0.635. The first kappa shape index (κ1) is 16.1. The molecule has 3 heteroatoms. The maximum Gasteiger partial charge on any atom is 0.182 e. The number of aromatic nitrogens is 1. The van der Waals surface area contributed by atoms with Crippen LogP contribution in [0.25, 0.3) is 10.9 Å². The summed E-state index contributed by atoms with van der Waals surface area (Å²) in [7, 11) is 0. The lowest BCUT2D eigenvalue weighted by Crippen LogP contribution is -2.39. The number of fused-ring (bicyclic) bond motifs is 1. The average molecular weight is 332 g/mol. The molecule has 0 bridgehead atoms. The molecule has 1 aromatic heterocycles. The molecule has 0 radical (unpaired) electrons. The van der Waals surface area contributed by atoms with E-state index >= 15 is 0 Å². The summed E-state index contributed by atoms with van der Waals surface area (Å²) >= 11 is 0. The number of H-pyrrole nitrogens is 1. The normalized spacial score (nSPS) is 15.4. The van der Waals surface area contributed by atoms with Gasteiger partial charge in [-0.1, -0.05) is 48.0 Å². The van der Waals surface area contributed by atoms with Crippen LogP contribution in [0.15, 0.2) is 54.7 Å². The number of Topliss-reactive ketones (excluding diaryl/α,β-unsaturated/α-hetero) is 1. The fraction of sp³-hybridized carbons (Fsp3) is 0.318. The Labute approximate surface area is 148 Å². The van der Waals surface area contributed by atoms with E-state index in [1.54, 1.807) is 0 Å². The number of carbonyl (C=O) groups excluding carboxylic acids is 1. The monoisotopic (exact) mass is 332 g/mol. The molecule has 25 heavy (non-hydrogen) atoms. The van der Waals surface area contributed by atoms with Crippen molar-refractivity contribution in [2.75, 3.05) is 6.54 Å². The minimum atomic E-state index is -0.0651. The molecule has 1 aliphatic carbocycles. The third kappa shape index (κ3) is 3.52. The highest BCUT2D eigenvalue weighted by molar-refractivity contribution is 6.10. The van der Waals surface area contributed by atoms with E-state index in [2.05, 4.69) is 41.5 Å². The summed E-state index contributed by atoms with van der Waals surface area (Å²) in [4.78, 5) is 16.3. The molecular formula is C22H24N2O. The molecule has 0 amide bonds. The van der Waals surface area contributed by atoms with Crippen LogP contribution in [0.5, 0.6) is 0 Å². The number of aromatic amines is 1. The topological polar surface area (TPSA) is 44.9 Å². The Morgan fingerprint density at radius 1 is 1.16 bits per heavy atom. The van der Waals surface area contributed by atoms with E-state index in [1.165, 1.54) is 11.1 Å². The number of nitrogens with one attached hydrogen (secondary N) is 2. The van der Waals surface area contributed by atoms with E-state index in [0.29, 0.717) is 5.92 Å². The summed E-state index contributed by atoms with van der Waals surface area (Å²) in [6.07, 6.45) is 5.11. The number of aryl methyl sites for hydroxylation is 1. The third-order valence-electron chi connectivity index (χ3n) is 5.13. The molecular weight excluding hydrogens is 308 g/mol. The Bertz CT molecular complexity index is 874. The second-order valence-corrected chi connectivity index (χ2v) is 7.12. The second kappa shape index (κ2) is 6.85. The van der Waals surface area contributed by atoms with Crippen LogP contribution in [0.4, 0.5) is 0 Å². The van der Waals surface area contributed by atoms with Crippen LogP contribution in [0.3, 0.4) is 0 Å². The SMILES string of the molecule is Cc1ccc(CCN[C@@H](C(=O)c2c[nH]c3ccccc23)C2CC2)cc1. The molecule has 0 unspecified atom stereocenters. The minimum absolute atomic E-state index is 0.0651. The van der Waals surface area contributed by atoms with Crippen molar-refractivity contribution in [3.63, 3.8) is 0 Å². The van der Waals surface area contributed by atoms with E-state index in [0.717, 1.165) is 42.3 Å². The lowest BCUT2D eigenvalue weighted by Gasteiger charge is -2.17. The smallest absolute Gasteiger partial charge is 0.182 e. The Morgan fingerprint density at radius 2 is 1.92 bits per heavy atom. The van der Waals surface area contributed by atoms with Gasteiger partial charge in [0.2, 0.25) is 0 Å². The van der Waals surface area contributed by atoms with Crippen molar-refractivity contribution in [1.82, 2.24) is 10.3 Å². The van der Waals surface area contributed by atoms with Gasteiger partial charge in [0.25, 0.3) is 0 Å². The van der Waals surface area contributed by atoms with Gasteiger partial charge in [-0.15, -0.1) is 0 Å². The van der Waals surface area contributed by atoms with Gasteiger partial charge in [-0.25, -0.2) is 0 Å². The predicted octanol–water partition coefficient (Wildman–Crippen LogP) is 4.27.